The standard InChI is InChI=1S/C24H25N3O2/c1-17-7-10-23(26-15-17)29-20-11-12-27(16-20)22-9-8-19(14-21(22)24(25)28)13-18-5-3-2-4-6-18/h2-10,14-15,20H,11-13,16H2,1H3,(H2,25,28)/t20-/m0/s1. The Morgan fingerprint density at radius 1 is 1.14 bits per heavy atom. The van der Waals surface area contributed by atoms with E-state index < -0.39 is 5.91 Å². The number of carbonyl (C=O) groups is 1. The van der Waals surface area contributed by atoms with Gasteiger partial charge in [-0.3, -0.25) is 4.79 Å². The zero-order valence-corrected chi connectivity index (χ0v) is 16.5. The van der Waals surface area contributed by atoms with Crippen LogP contribution in [0.1, 0.15) is 33.5 Å². The molecule has 29 heavy (non-hydrogen) atoms. The highest BCUT2D eigenvalue weighted by Gasteiger charge is 2.27. The van der Waals surface area contributed by atoms with Gasteiger partial charge in [0.25, 0.3) is 5.91 Å². The number of amides is 1. The van der Waals surface area contributed by atoms with E-state index in [1.807, 2.05) is 49.4 Å². The summed E-state index contributed by atoms with van der Waals surface area (Å²) in [5.74, 6) is 0.232. The second kappa shape index (κ2) is 8.35. The van der Waals surface area contributed by atoms with Crippen molar-refractivity contribution in [1.82, 2.24) is 4.98 Å². The molecule has 1 amide bonds. The molecule has 1 aliphatic rings. The maximum atomic E-state index is 12.1. The van der Waals surface area contributed by atoms with Crippen LogP contribution in [0.2, 0.25) is 0 Å². The summed E-state index contributed by atoms with van der Waals surface area (Å²) < 4.78 is 6.02. The fourth-order valence-electron chi connectivity index (χ4n) is 3.74. The van der Waals surface area contributed by atoms with Gasteiger partial charge in [-0.2, -0.15) is 0 Å². The molecular weight excluding hydrogens is 362 g/mol. The molecule has 1 aliphatic heterocycles. The maximum absolute atomic E-state index is 12.1. The largest absolute Gasteiger partial charge is 0.472 e. The fraction of sp³-hybridized carbons (Fsp3) is 0.250. The molecule has 1 aromatic heterocycles. The molecule has 0 aliphatic carbocycles. The first kappa shape index (κ1) is 19.0. The van der Waals surface area contributed by atoms with Crippen LogP contribution in [-0.2, 0) is 6.42 Å². The van der Waals surface area contributed by atoms with Crippen molar-refractivity contribution in [2.24, 2.45) is 5.73 Å². The third-order valence-corrected chi connectivity index (χ3v) is 5.23. The topological polar surface area (TPSA) is 68.5 Å². The summed E-state index contributed by atoms with van der Waals surface area (Å²) in [5, 5.41) is 0. The van der Waals surface area contributed by atoms with E-state index in [1.165, 1.54) is 5.56 Å². The molecular formula is C24H25N3O2. The molecule has 3 aromatic rings. The molecule has 4 rings (SSSR count). The van der Waals surface area contributed by atoms with Crippen LogP contribution in [0.3, 0.4) is 0 Å². The molecule has 0 bridgehead atoms. The smallest absolute Gasteiger partial charge is 0.250 e. The minimum absolute atomic E-state index is 0.0370. The summed E-state index contributed by atoms with van der Waals surface area (Å²) in [6.07, 6.45) is 3.49. The fourth-order valence-corrected chi connectivity index (χ4v) is 3.74. The van der Waals surface area contributed by atoms with Crippen molar-refractivity contribution in [2.75, 3.05) is 18.0 Å². The van der Waals surface area contributed by atoms with Gasteiger partial charge in [-0.25, -0.2) is 4.98 Å². The van der Waals surface area contributed by atoms with E-state index in [-0.39, 0.29) is 6.10 Å². The summed E-state index contributed by atoms with van der Waals surface area (Å²) in [7, 11) is 0. The summed E-state index contributed by atoms with van der Waals surface area (Å²) in [5.41, 5.74) is 10.5. The number of rotatable bonds is 6. The molecule has 1 atom stereocenters. The van der Waals surface area contributed by atoms with E-state index in [2.05, 4.69) is 28.1 Å². The minimum Gasteiger partial charge on any atom is -0.472 e. The lowest BCUT2D eigenvalue weighted by Crippen LogP contribution is -2.27. The van der Waals surface area contributed by atoms with Crippen LogP contribution in [-0.4, -0.2) is 30.1 Å². The Hall–Kier alpha value is -3.34. The van der Waals surface area contributed by atoms with E-state index >= 15 is 0 Å². The highest BCUT2D eigenvalue weighted by molar-refractivity contribution is 5.99. The molecule has 0 radical (unpaired) electrons. The maximum Gasteiger partial charge on any atom is 0.250 e. The Bertz CT molecular complexity index is 987. The second-order valence-corrected chi connectivity index (χ2v) is 7.53. The van der Waals surface area contributed by atoms with Crippen molar-refractivity contribution in [3.05, 3.63) is 89.1 Å². The number of hydrogen-bond donors (Lipinski definition) is 1. The van der Waals surface area contributed by atoms with Gasteiger partial charge in [0.05, 0.1) is 12.1 Å². The SMILES string of the molecule is Cc1ccc(O[C@H]2CCN(c3ccc(Cc4ccccc4)cc3C(N)=O)C2)nc1. The summed E-state index contributed by atoms with van der Waals surface area (Å²) in [6, 6.07) is 20.1. The number of ether oxygens (including phenoxy) is 1. The Balaban J connectivity index is 1.49. The third-order valence-electron chi connectivity index (χ3n) is 5.23. The molecule has 0 unspecified atom stereocenters. The van der Waals surface area contributed by atoms with E-state index in [4.69, 9.17) is 10.5 Å². The molecule has 0 spiro atoms. The van der Waals surface area contributed by atoms with Crippen molar-refractivity contribution in [3.63, 3.8) is 0 Å². The normalized spacial score (nSPS) is 16.0. The van der Waals surface area contributed by atoms with Crippen molar-refractivity contribution >= 4 is 11.6 Å². The number of nitrogens with two attached hydrogens (primary N) is 1. The van der Waals surface area contributed by atoms with E-state index in [0.717, 1.165) is 36.2 Å². The van der Waals surface area contributed by atoms with Gasteiger partial charge in [0, 0.05) is 30.9 Å². The van der Waals surface area contributed by atoms with Crippen LogP contribution in [0.25, 0.3) is 0 Å². The second-order valence-electron chi connectivity index (χ2n) is 7.53. The van der Waals surface area contributed by atoms with Crippen LogP contribution in [0.15, 0.2) is 66.9 Å². The van der Waals surface area contributed by atoms with Gasteiger partial charge in [-0.15, -0.1) is 0 Å². The quantitative estimate of drug-likeness (QED) is 0.700. The van der Waals surface area contributed by atoms with Gasteiger partial charge in [-0.05, 0) is 42.2 Å². The minimum atomic E-state index is -0.403. The summed E-state index contributed by atoms with van der Waals surface area (Å²) in [4.78, 5) is 18.6. The zero-order valence-electron chi connectivity index (χ0n) is 16.5. The molecule has 2 aromatic carbocycles. The van der Waals surface area contributed by atoms with Crippen molar-refractivity contribution in [2.45, 2.75) is 25.9 Å². The van der Waals surface area contributed by atoms with Gasteiger partial charge in [0.1, 0.15) is 6.10 Å². The molecule has 0 saturated carbocycles. The lowest BCUT2D eigenvalue weighted by molar-refractivity contribution is 0.100. The van der Waals surface area contributed by atoms with E-state index in [0.29, 0.717) is 18.0 Å². The van der Waals surface area contributed by atoms with Crippen LogP contribution in [0.4, 0.5) is 5.69 Å². The Kier molecular flexibility index (Phi) is 5.47. The molecule has 2 heterocycles. The number of hydrogen-bond acceptors (Lipinski definition) is 4. The van der Waals surface area contributed by atoms with Crippen LogP contribution in [0, 0.1) is 6.92 Å². The van der Waals surface area contributed by atoms with Gasteiger partial charge < -0.3 is 15.4 Å². The summed E-state index contributed by atoms with van der Waals surface area (Å²) >= 11 is 0. The molecule has 1 fully saturated rings. The van der Waals surface area contributed by atoms with Crippen LogP contribution < -0.4 is 15.4 Å². The van der Waals surface area contributed by atoms with Gasteiger partial charge in [0.15, 0.2) is 0 Å². The van der Waals surface area contributed by atoms with Gasteiger partial charge >= 0.3 is 0 Å². The number of aromatic nitrogens is 1. The van der Waals surface area contributed by atoms with Crippen LogP contribution >= 0.6 is 0 Å². The Morgan fingerprint density at radius 2 is 1.97 bits per heavy atom. The number of benzene rings is 2. The Labute approximate surface area is 171 Å². The first-order chi connectivity index (χ1) is 14.1. The third kappa shape index (κ3) is 4.57. The highest BCUT2D eigenvalue weighted by atomic mass is 16.5. The van der Waals surface area contributed by atoms with E-state index in [1.54, 1.807) is 6.20 Å². The lowest BCUT2D eigenvalue weighted by atomic mass is 10.0. The molecule has 5 heteroatoms. The summed E-state index contributed by atoms with van der Waals surface area (Å²) in [6.45, 7) is 3.52. The molecule has 5 nitrogen and oxygen atoms in total. The number of nitrogens with zero attached hydrogens (tertiary/aromatic N) is 2. The molecule has 1 saturated heterocycles. The monoisotopic (exact) mass is 387 g/mol. The molecule has 148 valence electrons. The van der Waals surface area contributed by atoms with Crippen molar-refractivity contribution in [1.29, 1.82) is 0 Å². The number of carbonyl (C=O) groups excluding carboxylic acids is 1. The average molecular weight is 387 g/mol. The first-order valence-corrected chi connectivity index (χ1v) is 9.89. The number of primary amides is 1. The zero-order chi connectivity index (χ0) is 20.2. The first-order valence-electron chi connectivity index (χ1n) is 9.89. The predicted molar refractivity (Wildman–Crippen MR) is 114 cm³/mol. The van der Waals surface area contributed by atoms with Crippen LogP contribution in [0.5, 0.6) is 5.88 Å². The van der Waals surface area contributed by atoms with E-state index in [9.17, 15) is 4.79 Å². The van der Waals surface area contributed by atoms with Crippen molar-refractivity contribution < 1.29 is 9.53 Å². The lowest BCUT2D eigenvalue weighted by Gasteiger charge is -2.22. The number of pyridine rings is 1. The van der Waals surface area contributed by atoms with Gasteiger partial charge in [0.2, 0.25) is 5.88 Å². The average Bonchev–Trinajstić information content (AvgIpc) is 3.19. The van der Waals surface area contributed by atoms with Crippen molar-refractivity contribution in [3.8, 4) is 5.88 Å². The number of aryl methyl sites for hydroxylation is 1. The number of anilines is 1. The molecule has 2 N–H and O–H groups in total. The van der Waals surface area contributed by atoms with Gasteiger partial charge in [-0.1, -0.05) is 42.5 Å². The Morgan fingerprint density at radius 3 is 2.69 bits per heavy atom. The predicted octanol–water partition coefficient (Wildman–Crippen LogP) is 3.74. The highest BCUT2D eigenvalue weighted by Crippen LogP contribution is 2.28.